The van der Waals surface area contributed by atoms with Crippen LogP contribution in [-0.2, 0) is 0 Å². The Morgan fingerprint density at radius 1 is 1.31 bits per heavy atom. The molecule has 1 aliphatic rings. The van der Waals surface area contributed by atoms with Crippen molar-refractivity contribution in [1.29, 1.82) is 0 Å². The molecule has 3 N–H and O–H groups in total. The Labute approximate surface area is 107 Å². The van der Waals surface area contributed by atoms with Crippen molar-refractivity contribution in [3.8, 4) is 0 Å². The van der Waals surface area contributed by atoms with Crippen LogP contribution < -0.4 is 11.1 Å². The first-order chi connectivity index (χ1) is 6.87. The van der Waals surface area contributed by atoms with Crippen LogP contribution in [0.4, 0.5) is 0 Å². The second-order valence-corrected chi connectivity index (χ2v) is 5.86. The molecule has 0 spiro atoms. The van der Waals surface area contributed by atoms with Gasteiger partial charge in [0, 0.05) is 24.2 Å². The third kappa shape index (κ3) is 6.69. The van der Waals surface area contributed by atoms with Crippen molar-refractivity contribution in [2.24, 2.45) is 5.73 Å². The summed E-state index contributed by atoms with van der Waals surface area (Å²) in [5.41, 5.74) is 5.97. The molecule has 1 aliphatic heterocycles. The molecule has 0 aromatic rings. The van der Waals surface area contributed by atoms with Crippen molar-refractivity contribution in [2.75, 3.05) is 19.6 Å². The number of hydrogen-bond donors (Lipinski definition) is 2. The minimum atomic E-state index is -0.0572. The summed E-state index contributed by atoms with van der Waals surface area (Å²) in [5, 5.41) is 3.61. The molecule has 0 atom stereocenters. The van der Waals surface area contributed by atoms with E-state index in [1.165, 1.54) is 25.9 Å². The second-order valence-electron chi connectivity index (χ2n) is 5.86. The highest BCUT2D eigenvalue weighted by molar-refractivity contribution is 5.85. The van der Waals surface area contributed by atoms with Gasteiger partial charge in [0.2, 0.25) is 0 Å². The van der Waals surface area contributed by atoms with Crippen molar-refractivity contribution in [2.45, 2.75) is 58.2 Å². The van der Waals surface area contributed by atoms with Gasteiger partial charge in [-0.25, -0.2) is 0 Å². The first kappa shape index (κ1) is 16.2. The molecule has 98 valence electrons. The minimum absolute atomic E-state index is 0. The van der Waals surface area contributed by atoms with Crippen LogP contribution in [0, 0.1) is 0 Å². The number of nitrogens with two attached hydrogens (primary N) is 1. The zero-order chi connectivity index (χ0) is 11.5. The van der Waals surface area contributed by atoms with E-state index in [9.17, 15) is 0 Å². The second kappa shape index (κ2) is 6.80. The maximum Gasteiger partial charge on any atom is 0.0226 e. The maximum atomic E-state index is 6.02. The summed E-state index contributed by atoms with van der Waals surface area (Å²) in [6.07, 6.45) is 2.52. The topological polar surface area (TPSA) is 41.3 Å². The molecule has 0 aromatic heterocycles. The van der Waals surface area contributed by atoms with Gasteiger partial charge in [0.1, 0.15) is 0 Å². The Kier molecular flexibility index (Phi) is 6.87. The van der Waals surface area contributed by atoms with Gasteiger partial charge in [0.25, 0.3) is 0 Å². The van der Waals surface area contributed by atoms with Crippen LogP contribution in [0.15, 0.2) is 0 Å². The monoisotopic (exact) mass is 249 g/mol. The van der Waals surface area contributed by atoms with Crippen LogP contribution in [0.3, 0.4) is 0 Å². The zero-order valence-electron chi connectivity index (χ0n) is 11.1. The number of likely N-dealkylation sites (tertiary alicyclic amines) is 1. The normalized spacial score (nSPS) is 19.9. The fourth-order valence-electron chi connectivity index (χ4n) is 2.31. The lowest BCUT2D eigenvalue weighted by Gasteiger charge is -2.36. The predicted molar refractivity (Wildman–Crippen MR) is 73.2 cm³/mol. The van der Waals surface area contributed by atoms with E-state index in [1.807, 2.05) is 0 Å². The van der Waals surface area contributed by atoms with E-state index in [-0.39, 0.29) is 17.9 Å². The maximum absolute atomic E-state index is 6.02. The highest BCUT2D eigenvalue weighted by Gasteiger charge is 2.23. The average Bonchev–Trinajstić information content (AvgIpc) is 2.05. The van der Waals surface area contributed by atoms with Crippen LogP contribution >= 0.6 is 12.4 Å². The molecule has 1 rings (SSSR count). The summed E-state index contributed by atoms with van der Waals surface area (Å²) in [4.78, 5) is 2.48. The first-order valence-corrected chi connectivity index (χ1v) is 6.14. The van der Waals surface area contributed by atoms with E-state index in [4.69, 9.17) is 5.73 Å². The standard InChI is InChI=1S/C12H27N3.ClH/c1-10(2)14-11-5-7-15(8-6-11)9-12(3,4)13;/h10-11,14H,5-9,13H2,1-4H3;1H. The molecule has 0 aliphatic carbocycles. The molecule has 3 nitrogen and oxygen atoms in total. The third-order valence-electron chi connectivity index (χ3n) is 2.79. The molecule has 0 amide bonds. The molecule has 1 heterocycles. The molecular weight excluding hydrogens is 222 g/mol. The number of hydrogen-bond acceptors (Lipinski definition) is 3. The zero-order valence-corrected chi connectivity index (χ0v) is 11.9. The van der Waals surface area contributed by atoms with Gasteiger partial charge >= 0.3 is 0 Å². The van der Waals surface area contributed by atoms with E-state index < -0.39 is 0 Å². The van der Waals surface area contributed by atoms with Gasteiger partial charge in [-0.15, -0.1) is 12.4 Å². The van der Waals surface area contributed by atoms with Crippen molar-refractivity contribution in [1.82, 2.24) is 10.2 Å². The molecular formula is C12H28ClN3. The Bertz CT molecular complexity index is 181. The van der Waals surface area contributed by atoms with Crippen LogP contribution in [0.2, 0.25) is 0 Å². The van der Waals surface area contributed by atoms with Crippen LogP contribution in [-0.4, -0.2) is 42.2 Å². The third-order valence-corrected chi connectivity index (χ3v) is 2.79. The molecule has 0 saturated carbocycles. The average molecular weight is 250 g/mol. The molecule has 0 aromatic carbocycles. The fraction of sp³-hybridized carbons (Fsp3) is 1.00. The van der Waals surface area contributed by atoms with Crippen LogP contribution in [0.25, 0.3) is 0 Å². The summed E-state index contributed by atoms with van der Waals surface area (Å²) in [7, 11) is 0. The summed E-state index contributed by atoms with van der Waals surface area (Å²) in [5.74, 6) is 0. The number of nitrogens with zero attached hydrogens (tertiary/aromatic N) is 1. The molecule has 0 unspecified atom stereocenters. The van der Waals surface area contributed by atoms with Crippen molar-refractivity contribution < 1.29 is 0 Å². The quantitative estimate of drug-likeness (QED) is 0.796. The Hall–Kier alpha value is 0.170. The van der Waals surface area contributed by atoms with Crippen molar-refractivity contribution >= 4 is 12.4 Å². The predicted octanol–water partition coefficient (Wildman–Crippen LogP) is 1.61. The molecule has 1 saturated heterocycles. The largest absolute Gasteiger partial charge is 0.324 e. The van der Waals surface area contributed by atoms with E-state index >= 15 is 0 Å². The molecule has 0 bridgehead atoms. The van der Waals surface area contributed by atoms with Crippen molar-refractivity contribution in [3.63, 3.8) is 0 Å². The summed E-state index contributed by atoms with van der Waals surface area (Å²) < 4.78 is 0. The smallest absolute Gasteiger partial charge is 0.0226 e. The van der Waals surface area contributed by atoms with E-state index in [0.717, 1.165) is 6.54 Å². The molecule has 16 heavy (non-hydrogen) atoms. The van der Waals surface area contributed by atoms with Crippen LogP contribution in [0.5, 0.6) is 0 Å². The van der Waals surface area contributed by atoms with Gasteiger partial charge in [-0.05, 0) is 39.8 Å². The lowest BCUT2D eigenvalue weighted by molar-refractivity contribution is 0.166. The van der Waals surface area contributed by atoms with Gasteiger partial charge in [-0.2, -0.15) is 0 Å². The summed E-state index contributed by atoms with van der Waals surface area (Å²) in [6, 6.07) is 1.31. The molecule has 1 fully saturated rings. The van der Waals surface area contributed by atoms with Gasteiger partial charge in [0.05, 0.1) is 0 Å². The van der Waals surface area contributed by atoms with Gasteiger partial charge in [-0.1, -0.05) is 13.8 Å². The lowest BCUT2D eigenvalue weighted by atomic mass is 10.0. The number of rotatable bonds is 4. The van der Waals surface area contributed by atoms with E-state index in [2.05, 4.69) is 37.9 Å². The van der Waals surface area contributed by atoms with Gasteiger partial charge < -0.3 is 16.0 Å². The first-order valence-electron chi connectivity index (χ1n) is 6.14. The SMILES string of the molecule is CC(C)NC1CCN(CC(C)(C)N)CC1.Cl. The van der Waals surface area contributed by atoms with E-state index in [0.29, 0.717) is 12.1 Å². The number of halogens is 1. The molecule has 4 heteroatoms. The lowest BCUT2D eigenvalue weighted by Crippen LogP contribution is -2.51. The Balaban J connectivity index is 0.00000225. The minimum Gasteiger partial charge on any atom is -0.324 e. The fourth-order valence-corrected chi connectivity index (χ4v) is 2.31. The highest BCUT2D eigenvalue weighted by Crippen LogP contribution is 2.13. The molecule has 0 radical (unpaired) electrons. The number of piperidine rings is 1. The highest BCUT2D eigenvalue weighted by atomic mass is 35.5. The number of nitrogens with one attached hydrogen (secondary N) is 1. The van der Waals surface area contributed by atoms with Crippen molar-refractivity contribution in [3.05, 3.63) is 0 Å². The van der Waals surface area contributed by atoms with E-state index in [1.54, 1.807) is 0 Å². The Morgan fingerprint density at radius 3 is 2.19 bits per heavy atom. The van der Waals surface area contributed by atoms with Gasteiger partial charge in [-0.3, -0.25) is 0 Å². The van der Waals surface area contributed by atoms with Gasteiger partial charge in [0.15, 0.2) is 0 Å². The van der Waals surface area contributed by atoms with Crippen LogP contribution in [0.1, 0.15) is 40.5 Å². The summed E-state index contributed by atoms with van der Waals surface area (Å²) >= 11 is 0. The Morgan fingerprint density at radius 2 is 1.81 bits per heavy atom. The summed E-state index contributed by atoms with van der Waals surface area (Å²) in [6.45, 7) is 12.0.